The van der Waals surface area contributed by atoms with Gasteiger partial charge in [0.25, 0.3) is 0 Å². The molecule has 3 aromatic carbocycles. The Morgan fingerprint density at radius 3 is 1.55 bits per heavy atom. The Kier molecular flexibility index (Phi) is 8.13. The molecule has 3 rings (SSSR count). The van der Waals surface area contributed by atoms with Crippen LogP contribution in [0.15, 0.2) is 93.3 Å². The predicted molar refractivity (Wildman–Crippen MR) is 119 cm³/mol. The molecule has 7 heteroatoms. The van der Waals surface area contributed by atoms with E-state index in [1.54, 1.807) is 24.3 Å². The zero-order valence-electron chi connectivity index (χ0n) is 17.3. The summed E-state index contributed by atoms with van der Waals surface area (Å²) < 4.78 is 4.99. The molecule has 158 valence electrons. The third kappa shape index (κ3) is 7.56. The standard InChI is InChI=1S/C24H24N4O3/c1-18(30)31-24-15-13-23(14-16-24)28-27-22-11-9-21(10-12-22)26-25-20-7-5-19(6-8-20)4-2-3-17-29/h5-16,29H,2-4,17H2,1H3. The quantitative estimate of drug-likeness (QED) is 0.181. The molecule has 1 N–H and O–H groups in total. The largest absolute Gasteiger partial charge is 0.427 e. The van der Waals surface area contributed by atoms with Gasteiger partial charge in [0.15, 0.2) is 0 Å². The van der Waals surface area contributed by atoms with Gasteiger partial charge >= 0.3 is 5.97 Å². The molecule has 31 heavy (non-hydrogen) atoms. The Morgan fingerprint density at radius 1 is 0.710 bits per heavy atom. The monoisotopic (exact) mass is 416 g/mol. The fourth-order valence-electron chi connectivity index (χ4n) is 2.73. The SMILES string of the molecule is CC(=O)Oc1ccc(N=Nc2ccc(N=Nc3ccc(CCCCO)cc3)cc2)cc1. The van der Waals surface area contributed by atoms with Gasteiger partial charge in [-0.1, -0.05) is 12.1 Å². The van der Waals surface area contributed by atoms with Gasteiger partial charge in [-0.3, -0.25) is 4.79 Å². The van der Waals surface area contributed by atoms with Crippen LogP contribution >= 0.6 is 0 Å². The molecule has 3 aromatic rings. The van der Waals surface area contributed by atoms with Crippen molar-refractivity contribution in [1.82, 2.24) is 0 Å². The average molecular weight is 416 g/mol. The number of aliphatic hydroxyl groups is 1. The highest BCUT2D eigenvalue weighted by molar-refractivity contribution is 5.69. The lowest BCUT2D eigenvalue weighted by Crippen LogP contribution is -2.00. The summed E-state index contributed by atoms with van der Waals surface area (Å²) in [7, 11) is 0. The number of benzene rings is 3. The van der Waals surface area contributed by atoms with E-state index < -0.39 is 0 Å². The molecule has 0 heterocycles. The van der Waals surface area contributed by atoms with Crippen LogP contribution < -0.4 is 4.74 Å². The molecule has 0 aromatic heterocycles. The molecule has 0 aliphatic carbocycles. The number of aliphatic hydroxyl groups excluding tert-OH is 1. The van der Waals surface area contributed by atoms with Gasteiger partial charge in [0.2, 0.25) is 0 Å². The minimum atomic E-state index is -0.363. The molecular weight excluding hydrogens is 392 g/mol. The summed E-state index contributed by atoms with van der Waals surface area (Å²) in [6.07, 6.45) is 2.74. The van der Waals surface area contributed by atoms with E-state index in [1.807, 2.05) is 48.5 Å². The summed E-state index contributed by atoms with van der Waals surface area (Å²) in [5.74, 6) is 0.107. The molecule has 7 nitrogen and oxygen atoms in total. The molecule has 0 radical (unpaired) electrons. The number of unbranched alkanes of at least 4 members (excludes halogenated alkanes) is 1. The number of nitrogens with zero attached hydrogens (tertiary/aromatic N) is 4. The van der Waals surface area contributed by atoms with Gasteiger partial charge in [0.1, 0.15) is 5.75 Å². The van der Waals surface area contributed by atoms with E-state index in [0.717, 1.165) is 30.6 Å². The van der Waals surface area contributed by atoms with Gasteiger partial charge in [0.05, 0.1) is 22.7 Å². The maximum Gasteiger partial charge on any atom is 0.308 e. The van der Waals surface area contributed by atoms with Crippen LogP contribution in [-0.4, -0.2) is 17.7 Å². The first kappa shape index (κ1) is 22.0. The van der Waals surface area contributed by atoms with Crippen molar-refractivity contribution in [3.8, 4) is 5.75 Å². The second-order valence-electron chi connectivity index (χ2n) is 6.85. The van der Waals surface area contributed by atoms with E-state index in [9.17, 15) is 4.79 Å². The van der Waals surface area contributed by atoms with Crippen molar-refractivity contribution in [3.63, 3.8) is 0 Å². The van der Waals surface area contributed by atoms with Gasteiger partial charge in [-0.05, 0) is 85.5 Å². The van der Waals surface area contributed by atoms with Crippen LogP contribution in [0.5, 0.6) is 5.75 Å². The first-order valence-corrected chi connectivity index (χ1v) is 10.0. The summed E-state index contributed by atoms with van der Waals surface area (Å²) in [6, 6.07) is 22.0. The van der Waals surface area contributed by atoms with Crippen LogP contribution in [-0.2, 0) is 11.2 Å². The molecule has 0 amide bonds. The molecule has 0 unspecified atom stereocenters. The molecule has 0 fully saturated rings. The first-order valence-electron chi connectivity index (χ1n) is 10.0. The topological polar surface area (TPSA) is 96.0 Å². The van der Waals surface area contributed by atoms with Gasteiger partial charge in [-0.25, -0.2) is 0 Å². The number of esters is 1. The Balaban J connectivity index is 1.54. The summed E-state index contributed by atoms with van der Waals surface area (Å²) in [5.41, 5.74) is 4.07. The number of ether oxygens (including phenoxy) is 1. The Morgan fingerprint density at radius 2 is 1.13 bits per heavy atom. The van der Waals surface area contributed by atoms with Crippen LogP contribution in [0.25, 0.3) is 0 Å². The zero-order valence-corrected chi connectivity index (χ0v) is 17.3. The molecule has 0 aliphatic heterocycles. The van der Waals surface area contributed by atoms with Crippen molar-refractivity contribution in [1.29, 1.82) is 0 Å². The summed E-state index contributed by atoms with van der Waals surface area (Å²) in [4.78, 5) is 10.9. The molecule has 0 saturated carbocycles. The highest BCUT2D eigenvalue weighted by Crippen LogP contribution is 2.24. The molecule has 0 atom stereocenters. The fourth-order valence-corrected chi connectivity index (χ4v) is 2.73. The van der Waals surface area contributed by atoms with Crippen LogP contribution in [0.3, 0.4) is 0 Å². The third-order valence-electron chi connectivity index (χ3n) is 4.32. The average Bonchev–Trinajstić information content (AvgIpc) is 2.79. The van der Waals surface area contributed by atoms with E-state index >= 15 is 0 Å². The van der Waals surface area contributed by atoms with Gasteiger partial charge in [0, 0.05) is 13.5 Å². The van der Waals surface area contributed by atoms with Crippen LogP contribution in [0, 0.1) is 0 Å². The van der Waals surface area contributed by atoms with Crippen molar-refractivity contribution in [2.24, 2.45) is 20.5 Å². The number of azo groups is 2. The molecule has 0 spiro atoms. The zero-order chi connectivity index (χ0) is 21.9. The minimum Gasteiger partial charge on any atom is -0.427 e. The van der Waals surface area contributed by atoms with Crippen LogP contribution in [0.4, 0.5) is 22.7 Å². The summed E-state index contributed by atoms with van der Waals surface area (Å²) >= 11 is 0. The highest BCUT2D eigenvalue weighted by atomic mass is 16.5. The maximum absolute atomic E-state index is 10.9. The van der Waals surface area contributed by atoms with Crippen molar-refractivity contribution in [2.45, 2.75) is 26.2 Å². The minimum absolute atomic E-state index is 0.233. The van der Waals surface area contributed by atoms with E-state index in [-0.39, 0.29) is 12.6 Å². The number of hydrogen-bond acceptors (Lipinski definition) is 7. The summed E-state index contributed by atoms with van der Waals surface area (Å²) in [5, 5.41) is 25.7. The van der Waals surface area contributed by atoms with Gasteiger partial charge < -0.3 is 9.84 Å². The second-order valence-corrected chi connectivity index (χ2v) is 6.85. The number of carbonyl (C=O) groups is 1. The van der Waals surface area contributed by atoms with E-state index in [2.05, 4.69) is 20.5 Å². The molecule has 0 bridgehead atoms. The molecule has 0 aliphatic rings. The Labute approximate surface area is 181 Å². The van der Waals surface area contributed by atoms with Crippen molar-refractivity contribution in [2.75, 3.05) is 6.61 Å². The van der Waals surface area contributed by atoms with Crippen LogP contribution in [0.2, 0.25) is 0 Å². The highest BCUT2D eigenvalue weighted by Gasteiger charge is 1.99. The lowest BCUT2D eigenvalue weighted by atomic mass is 10.1. The van der Waals surface area contributed by atoms with E-state index in [1.165, 1.54) is 12.5 Å². The number of carbonyl (C=O) groups excluding carboxylic acids is 1. The fraction of sp³-hybridized carbons (Fsp3) is 0.208. The predicted octanol–water partition coefficient (Wildman–Crippen LogP) is 6.76. The van der Waals surface area contributed by atoms with Crippen molar-refractivity contribution in [3.05, 3.63) is 78.4 Å². The van der Waals surface area contributed by atoms with E-state index in [0.29, 0.717) is 17.1 Å². The Bertz CT molecular complexity index is 1030. The third-order valence-corrected chi connectivity index (χ3v) is 4.32. The number of aryl methyl sites for hydroxylation is 1. The normalized spacial score (nSPS) is 11.3. The smallest absolute Gasteiger partial charge is 0.308 e. The molecular formula is C24H24N4O3. The number of rotatable bonds is 9. The first-order chi connectivity index (χ1) is 15.1. The van der Waals surface area contributed by atoms with Crippen molar-refractivity contribution < 1.29 is 14.6 Å². The van der Waals surface area contributed by atoms with Crippen LogP contribution in [0.1, 0.15) is 25.3 Å². The lowest BCUT2D eigenvalue weighted by molar-refractivity contribution is -0.131. The Hall–Kier alpha value is -3.71. The second kappa shape index (κ2) is 11.5. The summed E-state index contributed by atoms with van der Waals surface area (Å²) in [6.45, 7) is 1.59. The van der Waals surface area contributed by atoms with Gasteiger partial charge in [-0.2, -0.15) is 20.5 Å². The number of hydrogen-bond donors (Lipinski definition) is 1. The van der Waals surface area contributed by atoms with E-state index in [4.69, 9.17) is 9.84 Å². The maximum atomic E-state index is 10.9. The lowest BCUT2D eigenvalue weighted by Gasteiger charge is -2.01. The van der Waals surface area contributed by atoms with Gasteiger partial charge in [-0.15, -0.1) is 0 Å². The molecule has 0 saturated heterocycles. The van der Waals surface area contributed by atoms with Crippen molar-refractivity contribution >= 4 is 28.7 Å².